The molecule has 0 bridgehead atoms. The van der Waals surface area contributed by atoms with Crippen molar-refractivity contribution < 1.29 is 14.1 Å². The highest BCUT2D eigenvalue weighted by Gasteiger charge is 2.21. The minimum absolute atomic E-state index is 0. The summed E-state index contributed by atoms with van der Waals surface area (Å²) in [5.74, 6) is 0.339. The average Bonchev–Trinajstić information content (AvgIpc) is 3.99. The molecular formula is C45H57N9O5S. The van der Waals surface area contributed by atoms with Gasteiger partial charge < -0.3 is 45.1 Å². The number of benzene rings is 2. The number of nitrogens with one attached hydrogen (secondary N) is 3. The van der Waals surface area contributed by atoms with Crippen molar-refractivity contribution in [1.82, 2.24) is 40.0 Å². The number of pyridine rings is 2. The lowest BCUT2D eigenvalue weighted by Crippen LogP contribution is -2.43. The number of piperidine rings is 2. The van der Waals surface area contributed by atoms with Crippen LogP contribution in [-0.4, -0.2) is 101 Å². The highest BCUT2D eigenvalue weighted by atomic mass is 32.1. The molecule has 6 aromatic rings. The summed E-state index contributed by atoms with van der Waals surface area (Å²) >= 11 is 1.64. The lowest BCUT2D eigenvalue weighted by Gasteiger charge is -2.32. The molecule has 4 aromatic heterocycles. The van der Waals surface area contributed by atoms with E-state index in [1.807, 2.05) is 72.1 Å². The van der Waals surface area contributed by atoms with Crippen LogP contribution in [0.3, 0.4) is 0 Å². The largest absolute Gasteiger partial charge is 0.355 e. The normalized spacial score (nSPS) is 15.3. The van der Waals surface area contributed by atoms with Crippen LogP contribution < -0.4 is 32.8 Å². The number of nitrogens with zero attached hydrogens (tertiary/aromatic N) is 5. The molecule has 14 nitrogen and oxygen atoms in total. The second-order valence-corrected chi connectivity index (χ2v) is 16.1. The Balaban J connectivity index is 0.000000212. The fourth-order valence-corrected chi connectivity index (χ4v) is 8.65. The van der Waals surface area contributed by atoms with E-state index in [9.17, 15) is 19.2 Å². The fourth-order valence-electron chi connectivity index (χ4n) is 7.97. The van der Waals surface area contributed by atoms with Crippen LogP contribution in [-0.2, 0) is 19.6 Å². The van der Waals surface area contributed by atoms with E-state index in [1.54, 1.807) is 34.6 Å². The van der Waals surface area contributed by atoms with Crippen LogP contribution in [0, 0.1) is 0 Å². The number of likely N-dealkylation sites (tertiary alicyclic amines) is 2. The minimum atomic E-state index is -0.242. The third kappa shape index (κ3) is 10.5. The van der Waals surface area contributed by atoms with Crippen molar-refractivity contribution in [2.45, 2.75) is 64.8 Å². The Hall–Kier alpha value is -5.45. The van der Waals surface area contributed by atoms with Gasteiger partial charge in [0.05, 0.1) is 32.7 Å². The first-order chi connectivity index (χ1) is 28.7. The molecule has 0 unspecified atom stereocenters. The molecule has 2 saturated heterocycles. The van der Waals surface area contributed by atoms with Crippen molar-refractivity contribution in [2.75, 3.05) is 53.4 Å². The van der Waals surface area contributed by atoms with E-state index in [2.05, 4.69) is 30.9 Å². The molecule has 0 saturated carbocycles. The van der Waals surface area contributed by atoms with Gasteiger partial charge in [0.15, 0.2) is 5.76 Å². The first kappa shape index (κ1) is 44.1. The summed E-state index contributed by atoms with van der Waals surface area (Å²) in [6.45, 7) is 7.41. The highest BCUT2D eigenvalue weighted by Crippen LogP contribution is 2.25. The first-order valence-corrected chi connectivity index (χ1v) is 21.2. The zero-order chi connectivity index (χ0) is 41.3. The number of carbonyl (C=O) groups excluding carboxylic acids is 2. The van der Waals surface area contributed by atoms with Crippen molar-refractivity contribution in [1.29, 1.82) is 0 Å². The lowest BCUT2D eigenvalue weighted by atomic mass is 10.0. The van der Waals surface area contributed by atoms with Crippen LogP contribution in [0.5, 0.6) is 0 Å². The maximum absolute atomic E-state index is 12.8. The minimum Gasteiger partial charge on any atom is -0.355 e. The summed E-state index contributed by atoms with van der Waals surface area (Å²) in [5, 5.41) is 16.7. The van der Waals surface area contributed by atoms with E-state index in [1.165, 1.54) is 12.1 Å². The molecule has 0 radical (unpaired) electrons. The van der Waals surface area contributed by atoms with Gasteiger partial charge in [-0.05, 0) is 75.4 Å². The maximum Gasteiger partial charge on any atom is 0.251 e. The molecule has 0 atom stereocenters. The standard InChI is InChI=1S/C26H29N5O3S.C18H24N4O2.CH4/c1-27-26(33)21-16-25(32)31(22-6-3-2-5-20(21)22)13-12-30-10-8-18(9-11-30)28-17-19-15-23(34-29-19)24-7-4-14-35-24;1-20-18(24)15-12-17(23)22(16-5-3-2-4-14(15)16)11-10-21-8-6-13(19)7-9-21;/h2-7,14-16,18,28H,8-13,17H2,1H3,(H,27,33);2-5,12-13H,6-11,19H2,1H3,(H,20,24);1H4. The highest BCUT2D eigenvalue weighted by molar-refractivity contribution is 7.13. The SMILES string of the molecule is C.CNC(=O)c1cc(=O)n(CCN2CCC(N)CC2)c2ccccc12.CNC(=O)c1cc(=O)n(CCN2CCC(NCc3cc(-c4cccs4)on3)CC2)c2ccccc12. The summed E-state index contributed by atoms with van der Waals surface area (Å²) in [6.07, 6.45) is 4.10. The van der Waals surface area contributed by atoms with Crippen molar-refractivity contribution in [2.24, 2.45) is 5.73 Å². The number of para-hydroxylation sites is 2. The molecule has 2 fully saturated rings. The van der Waals surface area contributed by atoms with Gasteiger partial charge in [0.1, 0.15) is 0 Å². The van der Waals surface area contributed by atoms with Crippen LogP contribution >= 0.6 is 11.3 Å². The Morgan fingerprint density at radius 3 is 1.75 bits per heavy atom. The Labute approximate surface area is 354 Å². The lowest BCUT2D eigenvalue weighted by molar-refractivity contribution is 0.0956. The molecule has 8 rings (SSSR count). The molecule has 2 aliphatic heterocycles. The van der Waals surface area contributed by atoms with E-state index in [4.69, 9.17) is 10.3 Å². The van der Waals surface area contributed by atoms with E-state index in [0.717, 1.165) is 103 Å². The van der Waals surface area contributed by atoms with Gasteiger partial charge in [-0.2, -0.15) is 0 Å². The Morgan fingerprint density at radius 1 is 0.733 bits per heavy atom. The van der Waals surface area contributed by atoms with E-state index < -0.39 is 0 Å². The summed E-state index contributed by atoms with van der Waals surface area (Å²) < 4.78 is 9.01. The first-order valence-electron chi connectivity index (χ1n) is 20.3. The topological polar surface area (TPSA) is 173 Å². The van der Waals surface area contributed by atoms with Gasteiger partial charge in [-0.1, -0.05) is 55.0 Å². The van der Waals surface area contributed by atoms with Gasteiger partial charge >= 0.3 is 0 Å². The van der Waals surface area contributed by atoms with Crippen molar-refractivity contribution in [3.05, 3.63) is 122 Å². The number of thiophene rings is 1. The summed E-state index contributed by atoms with van der Waals surface area (Å²) in [6, 6.07) is 24.8. The number of carbonyl (C=O) groups is 2. The van der Waals surface area contributed by atoms with Crippen LogP contribution in [0.1, 0.15) is 59.5 Å². The van der Waals surface area contributed by atoms with E-state index in [0.29, 0.717) is 42.8 Å². The number of hydrogen-bond acceptors (Lipinski definition) is 11. The number of fused-ring (bicyclic) bond motifs is 2. The molecule has 318 valence electrons. The number of aromatic nitrogens is 3. The van der Waals surface area contributed by atoms with E-state index >= 15 is 0 Å². The van der Waals surface area contributed by atoms with Crippen molar-refractivity contribution in [3.63, 3.8) is 0 Å². The van der Waals surface area contributed by atoms with Gasteiger partial charge in [-0.25, -0.2) is 0 Å². The summed E-state index contributed by atoms with van der Waals surface area (Å²) in [5.41, 5.74) is 9.03. The van der Waals surface area contributed by atoms with Gasteiger partial charge in [-0.3, -0.25) is 19.2 Å². The molecule has 15 heteroatoms. The number of amides is 2. The fraction of sp³-hybridized carbons (Fsp3) is 0.400. The van der Waals surface area contributed by atoms with E-state index in [-0.39, 0.29) is 30.4 Å². The molecule has 0 aliphatic carbocycles. The summed E-state index contributed by atoms with van der Waals surface area (Å²) in [4.78, 5) is 55.5. The number of nitrogens with two attached hydrogens (primary N) is 1. The van der Waals surface area contributed by atoms with Gasteiger partial charge in [-0.15, -0.1) is 11.3 Å². The molecule has 6 heterocycles. The molecule has 60 heavy (non-hydrogen) atoms. The average molecular weight is 836 g/mol. The molecule has 2 aromatic carbocycles. The maximum atomic E-state index is 12.8. The zero-order valence-corrected chi connectivity index (χ0v) is 34.5. The quantitative estimate of drug-likeness (QED) is 0.135. The molecular weight excluding hydrogens is 779 g/mol. The van der Waals surface area contributed by atoms with Gasteiger partial charge in [0, 0.05) is 87.9 Å². The zero-order valence-electron chi connectivity index (χ0n) is 33.7. The molecule has 2 aliphatic rings. The number of hydrogen-bond donors (Lipinski definition) is 4. The molecule has 2 amide bonds. The van der Waals surface area contributed by atoms with Crippen molar-refractivity contribution >= 4 is 45.0 Å². The number of rotatable bonds is 12. The van der Waals surface area contributed by atoms with Gasteiger partial charge in [0.25, 0.3) is 22.9 Å². The Bertz CT molecular complexity index is 2480. The predicted molar refractivity (Wildman–Crippen MR) is 240 cm³/mol. The van der Waals surface area contributed by atoms with Crippen LogP contribution in [0.4, 0.5) is 0 Å². The molecule has 0 spiro atoms. The van der Waals surface area contributed by atoms with Crippen LogP contribution in [0.15, 0.2) is 98.4 Å². The Morgan fingerprint density at radius 2 is 1.25 bits per heavy atom. The Kier molecular flexibility index (Phi) is 15.2. The second-order valence-electron chi connectivity index (χ2n) is 15.1. The predicted octanol–water partition coefficient (Wildman–Crippen LogP) is 4.75. The van der Waals surface area contributed by atoms with Crippen LogP contribution in [0.25, 0.3) is 32.4 Å². The summed E-state index contributed by atoms with van der Waals surface area (Å²) in [7, 11) is 3.15. The second kappa shape index (κ2) is 20.7. The third-order valence-electron chi connectivity index (χ3n) is 11.4. The third-order valence-corrected chi connectivity index (χ3v) is 12.3. The van der Waals surface area contributed by atoms with Crippen LogP contribution in [0.2, 0.25) is 0 Å². The smallest absolute Gasteiger partial charge is 0.251 e. The van der Waals surface area contributed by atoms with Crippen molar-refractivity contribution in [3.8, 4) is 10.6 Å². The molecule has 5 N–H and O–H groups in total. The monoisotopic (exact) mass is 835 g/mol. The van der Waals surface area contributed by atoms with Gasteiger partial charge in [0.2, 0.25) is 0 Å².